The topological polar surface area (TPSA) is 47.6 Å². The number of rotatable bonds is 8. The van der Waals surface area contributed by atoms with Gasteiger partial charge in [0.05, 0.1) is 6.61 Å². The second-order valence-electron chi connectivity index (χ2n) is 5.42. The van der Waals surface area contributed by atoms with Crippen LogP contribution in [-0.2, 0) is 22.7 Å². The van der Waals surface area contributed by atoms with Crippen LogP contribution < -0.4 is 10.1 Å². The van der Waals surface area contributed by atoms with Gasteiger partial charge in [-0.05, 0) is 49.2 Å². The first-order chi connectivity index (χ1) is 11.6. The molecule has 0 spiro atoms. The van der Waals surface area contributed by atoms with Gasteiger partial charge in [-0.1, -0.05) is 24.3 Å². The molecule has 0 aliphatic rings. The van der Waals surface area contributed by atoms with Crippen molar-refractivity contribution in [2.45, 2.75) is 33.0 Å². The number of ether oxygens (including phenoxy) is 2. The van der Waals surface area contributed by atoms with E-state index in [0.717, 1.165) is 11.1 Å². The maximum atomic E-state index is 13.1. The van der Waals surface area contributed by atoms with Crippen LogP contribution in [0.3, 0.4) is 0 Å². The van der Waals surface area contributed by atoms with Crippen molar-refractivity contribution in [3.05, 3.63) is 65.5 Å². The van der Waals surface area contributed by atoms with Crippen LogP contribution in [0.4, 0.5) is 4.39 Å². The third-order valence-electron chi connectivity index (χ3n) is 3.47. The van der Waals surface area contributed by atoms with E-state index in [2.05, 4.69) is 5.32 Å². The van der Waals surface area contributed by atoms with Crippen LogP contribution in [0.1, 0.15) is 25.0 Å². The van der Waals surface area contributed by atoms with Gasteiger partial charge in [-0.15, -0.1) is 12.4 Å². The fourth-order valence-electron chi connectivity index (χ4n) is 2.12. The zero-order chi connectivity index (χ0) is 17.4. The molecule has 0 aliphatic heterocycles. The maximum absolute atomic E-state index is 13.1. The van der Waals surface area contributed by atoms with Crippen molar-refractivity contribution >= 4 is 18.4 Å². The largest absolute Gasteiger partial charge is 0.489 e. The molecule has 136 valence electrons. The lowest BCUT2D eigenvalue weighted by Crippen LogP contribution is -2.34. The highest BCUT2D eigenvalue weighted by Crippen LogP contribution is 2.15. The molecule has 0 unspecified atom stereocenters. The Labute approximate surface area is 153 Å². The Balaban J connectivity index is 0.00000312. The Morgan fingerprint density at radius 1 is 1.16 bits per heavy atom. The maximum Gasteiger partial charge on any atom is 0.322 e. The van der Waals surface area contributed by atoms with E-state index in [0.29, 0.717) is 25.5 Å². The van der Waals surface area contributed by atoms with Gasteiger partial charge in [0.2, 0.25) is 0 Å². The Hall–Kier alpha value is -2.11. The lowest BCUT2D eigenvalue weighted by Gasteiger charge is -2.13. The van der Waals surface area contributed by atoms with Crippen LogP contribution in [-0.4, -0.2) is 18.6 Å². The molecule has 4 nitrogen and oxygen atoms in total. The van der Waals surface area contributed by atoms with Crippen LogP contribution >= 0.6 is 12.4 Å². The van der Waals surface area contributed by atoms with Crippen molar-refractivity contribution in [3.63, 3.8) is 0 Å². The van der Waals surface area contributed by atoms with Crippen molar-refractivity contribution in [3.8, 4) is 5.75 Å². The van der Waals surface area contributed by atoms with Gasteiger partial charge in [0, 0.05) is 6.54 Å². The fraction of sp³-hybridized carbons (Fsp3) is 0.316. The predicted molar refractivity (Wildman–Crippen MR) is 97.4 cm³/mol. The first-order valence-electron chi connectivity index (χ1n) is 7.94. The minimum Gasteiger partial charge on any atom is -0.489 e. The molecule has 6 heteroatoms. The van der Waals surface area contributed by atoms with Crippen LogP contribution in [0, 0.1) is 5.82 Å². The summed E-state index contributed by atoms with van der Waals surface area (Å²) >= 11 is 0. The zero-order valence-electron chi connectivity index (χ0n) is 14.3. The summed E-state index contributed by atoms with van der Waals surface area (Å²) in [6.07, 6.45) is 0. The highest BCUT2D eigenvalue weighted by Gasteiger charge is 2.12. The van der Waals surface area contributed by atoms with Crippen LogP contribution in [0.5, 0.6) is 5.75 Å². The van der Waals surface area contributed by atoms with Gasteiger partial charge in [0.15, 0.2) is 0 Å². The molecule has 1 N–H and O–H groups in total. The number of carbonyl (C=O) groups is 1. The number of hydrogen-bond donors (Lipinski definition) is 1. The van der Waals surface area contributed by atoms with Gasteiger partial charge >= 0.3 is 5.97 Å². The number of nitrogens with one attached hydrogen (secondary N) is 1. The minimum absolute atomic E-state index is 0. The van der Waals surface area contributed by atoms with E-state index in [-0.39, 0.29) is 30.2 Å². The minimum atomic E-state index is -0.353. The summed E-state index contributed by atoms with van der Waals surface area (Å²) in [5.41, 5.74) is 1.81. The number of halogens is 2. The monoisotopic (exact) mass is 367 g/mol. The van der Waals surface area contributed by atoms with Crippen LogP contribution in [0.15, 0.2) is 48.5 Å². The summed E-state index contributed by atoms with van der Waals surface area (Å²) in [4.78, 5) is 11.5. The van der Waals surface area contributed by atoms with Gasteiger partial charge in [-0.25, -0.2) is 4.39 Å². The second kappa shape index (κ2) is 10.7. The molecule has 0 aromatic heterocycles. The summed E-state index contributed by atoms with van der Waals surface area (Å²) in [6, 6.07) is 13.5. The molecule has 2 aromatic carbocycles. The van der Waals surface area contributed by atoms with E-state index in [1.54, 1.807) is 19.9 Å². The molecule has 0 saturated heterocycles. The molecule has 0 amide bonds. The first kappa shape index (κ1) is 20.9. The lowest BCUT2D eigenvalue weighted by molar-refractivity contribution is -0.145. The number of carbonyl (C=O) groups excluding carboxylic acids is 1. The van der Waals surface area contributed by atoms with Gasteiger partial charge in [0.1, 0.15) is 24.2 Å². The summed E-state index contributed by atoms with van der Waals surface area (Å²) in [6.45, 7) is 4.81. The van der Waals surface area contributed by atoms with E-state index in [9.17, 15) is 9.18 Å². The molecule has 0 aliphatic carbocycles. The molecule has 0 radical (unpaired) electrons. The molecular weight excluding hydrogens is 345 g/mol. The van der Waals surface area contributed by atoms with Crippen molar-refractivity contribution in [1.29, 1.82) is 0 Å². The zero-order valence-corrected chi connectivity index (χ0v) is 15.1. The summed E-state index contributed by atoms with van der Waals surface area (Å²) in [7, 11) is 0. The Morgan fingerprint density at radius 2 is 1.88 bits per heavy atom. The van der Waals surface area contributed by atoms with E-state index >= 15 is 0 Å². The summed E-state index contributed by atoms with van der Waals surface area (Å²) < 4.78 is 23.7. The number of esters is 1. The standard InChI is InChI=1S/C19H22FNO3.ClH/c1-3-23-19(22)14(2)21-12-15-7-9-18(10-8-15)24-13-16-5-4-6-17(20)11-16;/h4-11,14,21H,3,12-13H2,1-2H3;1H/t14-;/m0./s1. The quantitative estimate of drug-likeness (QED) is 0.719. The van der Waals surface area contributed by atoms with Gasteiger partial charge in [-0.2, -0.15) is 0 Å². The van der Waals surface area contributed by atoms with E-state index in [1.807, 2.05) is 30.3 Å². The Morgan fingerprint density at radius 3 is 2.52 bits per heavy atom. The van der Waals surface area contributed by atoms with Crippen LogP contribution in [0.25, 0.3) is 0 Å². The molecule has 2 rings (SSSR count). The molecule has 2 aromatic rings. The van der Waals surface area contributed by atoms with Gasteiger partial charge < -0.3 is 14.8 Å². The Bertz CT molecular complexity index is 664. The molecule has 25 heavy (non-hydrogen) atoms. The number of benzene rings is 2. The van der Waals surface area contributed by atoms with Crippen molar-refractivity contribution in [1.82, 2.24) is 5.32 Å². The normalized spacial score (nSPS) is 11.3. The third-order valence-corrected chi connectivity index (χ3v) is 3.47. The average molecular weight is 368 g/mol. The van der Waals surface area contributed by atoms with Crippen molar-refractivity contribution < 1.29 is 18.7 Å². The molecule has 0 heterocycles. The smallest absolute Gasteiger partial charge is 0.322 e. The molecule has 0 bridgehead atoms. The molecular formula is C19H23ClFNO3. The predicted octanol–water partition coefficient (Wildman–Crippen LogP) is 3.87. The molecule has 0 fully saturated rings. The lowest BCUT2D eigenvalue weighted by atomic mass is 10.2. The first-order valence-corrected chi connectivity index (χ1v) is 7.94. The van der Waals surface area contributed by atoms with Crippen molar-refractivity contribution in [2.24, 2.45) is 0 Å². The fourth-order valence-corrected chi connectivity index (χ4v) is 2.12. The van der Waals surface area contributed by atoms with E-state index < -0.39 is 0 Å². The van der Waals surface area contributed by atoms with E-state index in [1.165, 1.54) is 12.1 Å². The van der Waals surface area contributed by atoms with Gasteiger partial charge in [-0.3, -0.25) is 4.79 Å². The number of hydrogen-bond acceptors (Lipinski definition) is 4. The average Bonchev–Trinajstić information content (AvgIpc) is 2.59. The highest BCUT2D eigenvalue weighted by molar-refractivity contribution is 5.85. The summed E-state index contributed by atoms with van der Waals surface area (Å²) in [5, 5.41) is 3.11. The summed E-state index contributed by atoms with van der Waals surface area (Å²) in [5.74, 6) is 0.183. The second-order valence-corrected chi connectivity index (χ2v) is 5.42. The molecule has 0 saturated carbocycles. The SMILES string of the molecule is CCOC(=O)[C@H](C)NCc1ccc(OCc2cccc(F)c2)cc1.Cl. The molecule has 1 atom stereocenters. The van der Waals surface area contributed by atoms with E-state index in [4.69, 9.17) is 9.47 Å². The van der Waals surface area contributed by atoms with Crippen LogP contribution in [0.2, 0.25) is 0 Å². The third kappa shape index (κ3) is 7.11. The Kier molecular flexibility index (Phi) is 8.95. The van der Waals surface area contributed by atoms with Crippen molar-refractivity contribution in [2.75, 3.05) is 6.61 Å². The van der Waals surface area contributed by atoms with Gasteiger partial charge in [0.25, 0.3) is 0 Å². The highest BCUT2D eigenvalue weighted by atomic mass is 35.5.